The van der Waals surface area contributed by atoms with Crippen molar-refractivity contribution in [2.75, 3.05) is 5.75 Å². The van der Waals surface area contributed by atoms with Crippen LogP contribution in [-0.4, -0.2) is 9.96 Å². The molecule has 0 saturated carbocycles. The quantitative estimate of drug-likeness (QED) is 0.853. The number of hydrogen-bond acceptors (Lipinski definition) is 2. The van der Waals surface area contributed by atoms with Crippen LogP contribution in [0, 0.1) is 0 Å². The van der Waals surface area contributed by atoms with Crippen LogP contribution >= 0.6 is 15.9 Å². The van der Waals surface area contributed by atoms with Gasteiger partial charge in [0.25, 0.3) is 0 Å². The summed E-state index contributed by atoms with van der Waals surface area (Å²) in [5.74, 6) is 0.940. The molecule has 2 atom stereocenters. The molecule has 0 spiro atoms. The minimum atomic E-state index is -1.08. The molecule has 4 heteroatoms. The van der Waals surface area contributed by atoms with Gasteiger partial charge in [-0.15, -0.1) is 0 Å². The number of rotatable bonds is 5. The number of halogens is 1. The molecule has 0 radical (unpaired) electrons. The summed E-state index contributed by atoms with van der Waals surface area (Å²) in [4.78, 5) is 0.812. The lowest BCUT2D eigenvalue weighted by atomic mass is 10.00. The van der Waals surface area contributed by atoms with Gasteiger partial charge in [0.05, 0.1) is 10.8 Å². The molecule has 0 amide bonds. The average Bonchev–Trinajstić information content (AvgIpc) is 2.47. The maximum atomic E-state index is 12.3. The Morgan fingerprint density at radius 3 is 2.05 bits per heavy atom. The topological polar surface area (TPSA) is 43.1 Å². The normalized spacial score (nSPS) is 14.1. The maximum absolute atomic E-state index is 12.3. The van der Waals surface area contributed by atoms with Gasteiger partial charge in [-0.2, -0.15) is 0 Å². The van der Waals surface area contributed by atoms with E-state index >= 15 is 0 Å². The largest absolute Gasteiger partial charge is 0.323 e. The third kappa shape index (κ3) is 4.50. The maximum Gasteiger partial charge on any atom is 0.0548 e. The first-order valence-electron chi connectivity index (χ1n) is 6.96. The lowest BCUT2D eigenvalue weighted by Gasteiger charge is -2.13. The van der Waals surface area contributed by atoms with Crippen LogP contribution < -0.4 is 5.73 Å². The highest BCUT2D eigenvalue weighted by atomic mass is 79.9. The summed E-state index contributed by atoms with van der Waals surface area (Å²) in [5.41, 5.74) is 8.51. The molecule has 2 aromatic carbocycles. The molecule has 2 nitrogen and oxygen atoms in total. The van der Waals surface area contributed by atoms with Gasteiger partial charge in [-0.25, -0.2) is 0 Å². The van der Waals surface area contributed by atoms with E-state index in [1.54, 1.807) is 0 Å². The molecule has 21 heavy (non-hydrogen) atoms. The highest BCUT2D eigenvalue weighted by Gasteiger charge is 2.12. The molecule has 0 aliphatic carbocycles. The third-order valence-corrected chi connectivity index (χ3v) is 5.43. The second-order valence-corrected chi connectivity index (χ2v) is 7.81. The van der Waals surface area contributed by atoms with Gasteiger partial charge in [-0.1, -0.05) is 54.0 Å². The van der Waals surface area contributed by atoms with Crippen molar-refractivity contribution in [1.29, 1.82) is 0 Å². The Morgan fingerprint density at radius 1 is 1.00 bits per heavy atom. The van der Waals surface area contributed by atoms with Crippen LogP contribution in [0.1, 0.15) is 36.9 Å². The highest BCUT2D eigenvalue weighted by molar-refractivity contribution is 9.10. The van der Waals surface area contributed by atoms with Gasteiger partial charge in [0.1, 0.15) is 0 Å². The molecule has 2 unspecified atom stereocenters. The van der Waals surface area contributed by atoms with E-state index in [0.717, 1.165) is 14.9 Å². The van der Waals surface area contributed by atoms with Crippen molar-refractivity contribution >= 4 is 26.7 Å². The van der Waals surface area contributed by atoms with Crippen LogP contribution in [0.15, 0.2) is 57.9 Å². The Kier molecular flexibility index (Phi) is 5.73. The smallest absolute Gasteiger partial charge is 0.0548 e. The van der Waals surface area contributed by atoms with Crippen LogP contribution in [0.25, 0.3) is 0 Å². The number of nitrogens with two attached hydrogens (primary N) is 1. The standard InChI is InChI=1S/C17H20BrNOS/c1-12(2)13-3-5-14(6-4-13)17(19)11-21(20)16-9-7-15(18)8-10-16/h3-10,12,17H,11,19H2,1-2H3. The van der Waals surface area contributed by atoms with Gasteiger partial charge in [-0.3, -0.25) is 4.21 Å². The molecule has 2 N–H and O–H groups in total. The molecule has 2 aromatic rings. The molecular formula is C17H20BrNOS. The summed E-state index contributed by atoms with van der Waals surface area (Å²) in [6.45, 7) is 4.33. The number of benzene rings is 2. The fraction of sp³-hybridized carbons (Fsp3) is 0.294. The van der Waals surface area contributed by atoms with Crippen molar-refractivity contribution in [3.8, 4) is 0 Å². The zero-order valence-electron chi connectivity index (χ0n) is 12.3. The summed E-state index contributed by atoms with van der Waals surface area (Å²) in [5, 5.41) is 0. The van der Waals surface area contributed by atoms with Gasteiger partial charge in [-0.05, 0) is 41.3 Å². The lowest BCUT2D eigenvalue weighted by Crippen LogP contribution is -2.18. The van der Waals surface area contributed by atoms with E-state index in [0.29, 0.717) is 11.7 Å². The predicted octanol–water partition coefficient (Wildman–Crippen LogP) is 4.38. The monoisotopic (exact) mass is 365 g/mol. The Hall–Kier alpha value is -0.970. The van der Waals surface area contributed by atoms with Gasteiger partial charge in [0, 0.05) is 21.2 Å². The summed E-state index contributed by atoms with van der Waals surface area (Å²) in [7, 11) is -1.08. The van der Waals surface area contributed by atoms with Crippen molar-refractivity contribution < 1.29 is 4.21 Å². The second-order valence-electron chi connectivity index (χ2n) is 5.39. The average molecular weight is 366 g/mol. The third-order valence-electron chi connectivity index (χ3n) is 3.44. The SMILES string of the molecule is CC(C)c1ccc(C(N)CS(=O)c2ccc(Br)cc2)cc1. The molecule has 0 fully saturated rings. The van der Waals surface area contributed by atoms with Gasteiger partial charge in [0.2, 0.25) is 0 Å². The van der Waals surface area contributed by atoms with E-state index in [1.807, 2.05) is 36.4 Å². The van der Waals surface area contributed by atoms with E-state index < -0.39 is 10.8 Å². The van der Waals surface area contributed by atoms with Crippen LogP contribution in [0.2, 0.25) is 0 Å². The molecular weight excluding hydrogens is 346 g/mol. The first kappa shape index (κ1) is 16.4. The Bertz CT molecular complexity index is 608. The molecule has 112 valence electrons. The first-order valence-corrected chi connectivity index (χ1v) is 9.08. The molecule has 0 aliphatic heterocycles. The summed E-state index contributed by atoms with van der Waals surface area (Å²) in [6, 6.07) is 15.6. The minimum absolute atomic E-state index is 0.212. The summed E-state index contributed by atoms with van der Waals surface area (Å²) >= 11 is 3.38. The van der Waals surface area contributed by atoms with E-state index in [1.165, 1.54) is 5.56 Å². The van der Waals surface area contributed by atoms with Crippen molar-refractivity contribution in [1.82, 2.24) is 0 Å². The molecule has 0 saturated heterocycles. The van der Waals surface area contributed by atoms with Gasteiger partial charge < -0.3 is 5.73 Å². The van der Waals surface area contributed by atoms with Crippen LogP contribution in [0.4, 0.5) is 0 Å². The molecule has 0 bridgehead atoms. The molecule has 2 rings (SSSR count). The van der Waals surface area contributed by atoms with Crippen molar-refractivity contribution in [3.05, 3.63) is 64.1 Å². The fourth-order valence-corrected chi connectivity index (χ4v) is 3.49. The van der Waals surface area contributed by atoms with E-state index in [2.05, 4.69) is 41.9 Å². The Morgan fingerprint density at radius 2 is 1.52 bits per heavy atom. The highest BCUT2D eigenvalue weighted by Crippen LogP contribution is 2.20. The second kappa shape index (κ2) is 7.34. The van der Waals surface area contributed by atoms with E-state index in [-0.39, 0.29) is 6.04 Å². The van der Waals surface area contributed by atoms with E-state index in [9.17, 15) is 4.21 Å². The fourth-order valence-electron chi connectivity index (χ4n) is 2.07. The Balaban J connectivity index is 2.05. The van der Waals surface area contributed by atoms with Crippen LogP contribution in [0.5, 0.6) is 0 Å². The van der Waals surface area contributed by atoms with Crippen molar-refractivity contribution in [3.63, 3.8) is 0 Å². The van der Waals surface area contributed by atoms with E-state index in [4.69, 9.17) is 5.73 Å². The number of hydrogen-bond donors (Lipinski definition) is 1. The van der Waals surface area contributed by atoms with Gasteiger partial charge in [0.15, 0.2) is 0 Å². The van der Waals surface area contributed by atoms with Crippen molar-refractivity contribution in [2.45, 2.75) is 30.7 Å². The lowest BCUT2D eigenvalue weighted by molar-refractivity contribution is 0.675. The van der Waals surface area contributed by atoms with Gasteiger partial charge >= 0.3 is 0 Å². The zero-order valence-corrected chi connectivity index (χ0v) is 14.7. The predicted molar refractivity (Wildman–Crippen MR) is 92.9 cm³/mol. The van der Waals surface area contributed by atoms with Crippen LogP contribution in [-0.2, 0) is 10.8 Å². The molecule has 0 aromatic heterocycles. The minimum Gasteiger partial charge on any atom is -0.323 e. The summed E-state index contributed by atoms with van der Waals surface area (Å²) in [6.07, 6.45) is 0. The summed E-state index contributed by atoms with van der Waals surface area (Å²) < 4.78 is 13.3. The van der Waals surface area contributed by atoms with Crippen LogP contribution in [0.3, 0.4) is 0 Å². The molecule has 0 aliphatic rings. The zero-order chi connectivity index (χ0) is 15.4. The molecule has 0 heterocycles. The first-order chi connectivity index (χ1) is 9.97. The van der Waals surface area contributed by atoms with Crippen molar-refractivity contribution in [2.24, 2.45) is 5.73 Å². The Labute approximate surface area is 137 Å².